The van der Waals surface area contributed by atoms with Gasteiger partial charge in [-0.15, -0.1) is 0 Å². The van der Waals surface area contributed by atoms with E-state index in [1.807, 2.05) is 19.1 Å². The van der Waals surface area contributed by atoms with Gasteiger partial charge in [0.25, 0.3) is 0 Å². The van der Waals surface area contributed by atoms with Crippen LogP contribution < -0.4 is 5.32 Å². The summed E-state index contributed by atoms with van der Waals surface area (Å²) in [6.07, 6.45) is 28.0. The van der Waals surface area contributed by atoms with E-state index in [1.165, 1.54) is 19.3 Å². The number of aliphatic hydroxyl groups excluding tert-OH is 1. The molecule has 0 aliphatic carbocycles. The molecule has 0 aliphatic rings. The monoisotopic (exact) mass is 657 g/mol. The molecule has 11 nitrogen and oxygen atoms in total. The van der Waals surface area contributed by atoms with Gasteiger partial charge in [-0.25, -0.2) is 9.36 Å². The highest BCUT2D eigenvalue weighted by Gasteiger charge is 2.28. The summed E-state index contributed by atoms with van der Waals surface area (Å²) in [5, 5.41) is 21.5. The first kappa shape index (κ1) is 42.4. The Bertz CT molecular complexity index is 963. The first-order valence-electron chi connectivity index (χ1n) is 16.2. The number of carboxylic acid groups (broad SMARTS) is 1. The van der Waals surface area contributed by atoms with Crippen LogP contribution in [0.3, 0.4) is 0 Å². The molecule has 0 aromatic rings. The summed E-state index contributed by atoms with van der Waals surface area (Å²) in [5.41, 5.74) is 0. The number of aliphatic carboxylic acids is 1. The van der Waals surface area contributed by atoms with E-state index in [9.17, 15) is 34.1 Å². The van der Waals surface area contributed by atoms with Crippen LogP contribution in [0.15, 0.2) is 48.6 Å². The van der Waals surface area contributed by atoms with E-state index in [-0.39, 0.29) is 12.8 Å². The van der Waals surface area contributed by atoms with E-state index >= 15 is 0 Å². The lowest BCUT2D eigenvalue weighted by molar-refractivity contribution is -0.147. The molecule has 0 saturated carbocycles. The Morgan fingerprint density at radius 3 is 1.82 bits per heavy atom. The Balaban J connectivity index is 4.14. The molecule has 0 aromatic carbocycles. The van der Waals surface area contributed by atoms with Gasteiger partial charge < -0.3 is 25.2 Å². The highest BCUT2D eigenvalue weighted by Crippen LogP contribution is 2.43. The number of carboxylic acids is 1. The van der Waals surface area contributed by atoms with Gasteiger partial charge in [0.2, 0.25) is 5.91 Å². The average Bonchev–Trinajstić information content (AvgIpc) is 3.00. The molecule has 0 aliphatic heterocycles. The third-order valence-electron chi connectivity index (χ3n) is 6.37. The molecule has 3 atom stereocenters. The van der Waals surface area contributed by atoms with Crippen LogP contribution in [0, 0.1) is 0 Å². The zero-order chi connectivity index (χ0) is 33.6. The number of ether oxygens (including phenoxy) is 1. The molecule has 4 N–H and O–H groups in total. The minimum absolute atomic E-state index is 0.0681. The van der Waals surface area contributed by atoms with Crippen molar-refractivity contribution in [3.8, 4) is 0 Å². The van der Waals surface area contributed by atoms with E-state index in [4.69, 9.17) is 9.26 Å². The molecule has 3 unspecified atom stereocenters. The van der Waals surface area contributed by atoms with Gasteiger partial charge in [-0.2, -0.15) is 0 Å². The van der Waals surface area contributed by atoms with Crippen LogP contribution in [0.1, 0.15) is 110 Å². The van der Waals surface area contributed by atoms with Crippen molar-refractivity contribution in [1.82, 2.24) is 5.32 Å². The number of phosphoric ester groups is 1. The van der Waals surface area contributed by atoms with Gasteiger partial charge in [0.15, 0.2) is 6.04 Å². The summed E-state index contributed by atoms with van der Waals surface area (Å²) < 4.78 is 26.3. The van der Waals surface area contributed by atoms with E-state index < -0.39 is 57.6 Å². The summed E-state index contributed by atoms with van der Waals surface area (Å²) in [6, 6.07) is -1.57. The lowest BCUT2D eigenvalue weighted by Gasteiger charge is -2.18. The fourth-order valence-corrected chi connectivity index (χ4v) is 4.55. The summed E-state index contributed by atoms with van der Waals surface area (Å²) in [5.74, 6) is -2.48. The van der Waals surface area contributed by atoms with Gasteiger partial charge in [-0.1, -0.05) is 94.6 Å². The van der Waals surface area contributed by atoms with Crippen molar-refractivity contribution in [2.24, 2.45) is 0 Å². The minimum Gasteiger partial charge on any atom is -0.480 e. The van der Waals surface area contributed by atoms with Gasteiger partial charge in [-0.3, -0.25) is 18.6 Å². The molecule has 0 saturated heterocycles. The molecule has 0 bridgehead atoms. The number of hydrogen-bond acceptors (Lipinski definition) is 8. The molecule has 12 heteroatoms. The predicted octanol–water partition coefficient (Wildman–Crippen LogP) is 6.71. The lowest BCUT2D eigenvalue weighted by atomic mass is 10.2. The van der Waals surface area contributed by atoms with Gasteiger partial charge in [0.05, 0.1) is 13.2 Å². The number of carbonyl (C=O) groups excluding carboxylic acids is 2. The highest BCUT2D eigenvalue weighted by molar-refractivity contribution is 7.47. The minimum atomic E-state index is -4.75. The first-order chi connectivity index (χ1) is 21.6. The molecule has 45 heavy (non-hydrogen) atoms. The van der Waals surface area contributed by atoms with Crippen molar-refractivity contribution < 1.29 is 47.8 Å². The Labute approximate surface area is 269 Å². The second-order valence-electron chi connectivity index (χ2n) is 10.6. The number of esters is 1. The van der Waals surface area contributed by atoms with Crippen molar-refractivity contribution in [2.45, 2.75) is 122 Å². The fraction of sp³-hybridized carbons (Fsp3) is 0.667. The number of amides is 1. The van der Waals surface area contributed by atoms with Crippen LogP contribution in [-0.2, 0) is 32.7 Å². The van der Waals surface area contributed by atoms with Crippen LogP contribution in [0.2, 0.25) is 0 Å². The average molecular weight is 658 g/mol. The van der Waals surface area contributed by atoms with Gasteiger partial charge in [0, 0.05) is 12.8 Å². The van der Waals surface area contributed by atoms with E-state index in [1.54, 1.807) is 0 Å². The quantitative estimate of drug-likeness (QED) is 0.0294. The highest BCUT2D eigenvalue weighted by atomic mass is 31.2. The normalized spacial score (nSPS) is 14.8. The van der Waals surface area contributed by atoms with Crippen molar-refractivity contribution in [2.75, 3.05) is 19.8 Å². The molecule has 0 radical (unpaired) electrons. The third kappa shape index (κ3) is 28.6. The topological polar surface area (TPSA) is 169 Å². The van der Waals surface area contributed by atoms with E-state index in [0.717, 1.165) is 44.9 Å². The summed E-state index contributed by atoms with van der Waals surface area (Å²) >= 11 is 0. The number of allylic oxidation sites excluding steroid dienone is 8. The predicted molar refractivity (Wildman–Crippen MR) is 175 cm³/mol. The van der Waals surface area contributed by atoms with Gasteiger partial charge >= 0.3 is 19.8 Å². The molecule has 258 valence electrons. The Morgan fingerprint density at radius 2 is 1.24 bits per heavy atom. The third-order valence-corrected chi connectivity index (χ3v) is 7.32. The number of carbonyl (C=O) groups is 3. The van der Waals surface area contributed by atoms with Crippen LogP contribution in [0.4, 0.5) is 0 Å². The van der Waals surface area contributed by atoms with Crippen LogP contribution >= 0.6 is 7.82 Å². The van der Waals surface area contributed by atoms with Crippen molar-refractivity contribution in [1.29, 1.82) is 0 Å². The molecule has 0 fully saturated rings. The molecular weight excluding hydrogens is 601 g/mol. The van der Waals surface area contributed by atoms with Crippen LogP contribution in [-0.4, -0.2) is 64.9 Å². The number of unbranched alkanes of at least 4 members (excludes halogenated alkanes) is 7. The van der Waals surface area contributed by atoms with Gasteiger partial charge in [0.1, 0.15) is 12.7 Å². The standard InChI is InChI=1S/C33H56NO10P/c1-3-5-7-9-10-11-12-13-14-15-16-17-18-19-20-21-22-24-31(36)34-30(33(38)39)28-44-45(40,41)43-27-29(35)26-42-32(37)25-23-8-6-4-2/h10-11,13-14,16-17,19-20,29-30,35H,3-9,12,15,18,21-28H2,1-2H3,(H,34,36)(H,38,39)(H,40,41)/b11-10-,14-13-,17-16-,20-19-. The maximum Gasteiger partial charge on any atom is 0.472 e. The molecule has 0 rings (SSSR count). The Morgan fingerprint density at radius 1 is 0.711 bits per heavy atom. The van der Waals surface area contributed by atoms with Crippen molar-refractivity contribution in [3.63, 3.8) is 0 Å². The van der Waals surface area contributed by atoms with Crippen molar-refractivity contribution >= 4 is 25.7 Å². The van der Waals surface area contributed by atoms with E-state index in [0.29, 0.717) is 19.3 Å². The zero-order valence-electron chi connectivity index (χ0n) is 27.1. The van der Waals surface area contributed by atoms with Crippen LogP contribution in [0.5, 0.6) is 0 Å². The number of aliphatic hydroxyl groups is 1. The SMILES string of the molecule is CCCCC/C=C\C/C=C\C/C=C\C/C=C\CCCC(=O)NC(COP(=O)(O)OCC(O)COC(=O)CCCCCC)C(=O)O. The largest absolute Gasteiger partial charge is 0.480 e. The fourth-order valence-electron chi connectivity index (χ4n) is 3.77. The summed E-state index contributed by atoms with van der Waals surface area (Å²) in [7, 11) is -4.75. The molecule has 0 aromatic heterocycles. The lowest BCUT2D eigenvalue weighted by Crippen LogP contribution is -2.43. The molecule has 0 spiro atoms. The molecular formula is C33H56NO10P. The number of nitrogens with one attached hydrogen (secondary N) is 1. The van der Waals surface area contributed by atoms with Crippen molar-refractivity contribution in [3.05, 3.63) is 48.6 Å². The first-order valence-corrected chi connectivity index (χ1v) is 17.7. The van der Waals surface area contributed by atoms with E-state index in [2.05, 4.69) is 53.2 Å². The molecule has 1 amide bonds. The number of rotatable bonds is 29. The second kappa shape index (κ2) is 28.9. The number of phosphoric acid groups is 1. The summed E-state index contributed by atoms with van der Waals surface area (Å²) in [4.78, 5) is 45.1. The maximum atomic E-state index is 12.2. The zero-order valence-corrected chi connectivity index (χ0v) is 28.0. The Hall–Kier alpha value is -2.56. The smallest absolute Gasteiger partial charge is 0.472 e. The second-order valence-corrected chi connectivity index (χ2v) is 12.1. The summed E-state index contributed by atoms with van der Waals surface area (Å²) in [6.45, 7) is 2.32. The number of hydrogen-bond donors (Lipinski definition) is 4. The Kier molecular flexibility index (Phi) is 27.2. The van der Waals surface area contributed by atoms with Gasteiger partial charge in [-0.05, 0) is 51.4 Å². The van der Waals surface area contributed by atoms with Crippen LogP contribution in [0.25, 0.3) is 0 Å². The maximum absolute atomic E-state index is 12.2. The molecule has 0 heterocycles.